The van der Waals surface area contributed by atoms with E-state index >= 15 is 0 Å². The second-order valence-corrected chi connectivity index (χ2v) is 6.59. The number of nitrogens with one attached hydrogen (secondary N) is 2. The van der Waals surface area contributed by atoms with Gasteiger partial charge in [0, 0.05) is 16.8 Å². The molecule has 2 aromatic heterocycles. The largest absolute Gasteiger partial charge is 0.459 e. The number of carbonyl (C=O) groups is 2. The fraction of sp³-hybridized carbons (Fsp3) is 0.438. The Morgan fingerprint density at radius 1 is 1.35 bits per heavy atom. The molecule has 0 aliphatic carbocycles. The highest BCUT2D eigenvalue weighted by molar-refractivity contribution is 7.09. The van der Waals surface area contributed by atoms with Gasteiger partial charge in [0.1, 0.15) is 10.7 Å². The van der Waals surface area contributed by atoms with Crippen molar-refractivity contribution in [3.05, 3.63) is 38.6 Å². The number of esters is 1. The van der Waals surface area contributed by atoms with Crippen molar-refractivity contribution < 1.29 is 14.3 Å². The molecule has 7 heteroatoms. The third-order valence-corrected chi connectivity index (χ3v) is 4.24. The van der Waals surface area contributed by atoms with Crippen LogP contribution >= 0.6 is 11.3 Å². The number of thiazole rings is 1. The summed E-state index contributed by atoms with van der Waals surface area (Å²) < 4.78 is 5.22. The van der Waals surface area contributed by atoms with Crippen LogP contribution in [0.25, 0.3) is 0 Å². The van der Waals surface area contributed by atoms with Crippen molar-refractivity contribution in [2.24, 2.45) is 0 Å². The van der Waals surface area contributed by atoms with E-state index in [1.165, 1.54) is 11.3 Å². The Morgan fingerprint density at radius 2 is 2.04 bits per heavy atom. The first-order valence-corrected chi connectivity index (χ1v) is 8.27. The number of aromatic nitrogens is 2. The van der Waals surface area contributed by atoms with Crippen molar-refractivity contribution in [2.45, 2.75) is 47.3 Å². The first kappa shape index (κ1) is 17.2. The van der Waals surface area contributed by atoms with Crippen molar-refractivity contribution in [2.75, 3.05) is 0 Å². The molecule has 2 rings (SSSR count). The number of ether oxygens (including phenoxy) is 1. The molecule has 2 N–H and O–H groups in total. The van der Waals surface area contributed by atoms with Crippen LogP contribution in [-0.4, -0.2) is 27.9 Å². The second kappa shape index (κ2) is 6.95. The molecule has 0 bridgehead atoms. The summed E-state index contributed by atoms with van der Waals surface area (Å²) in [7, 11) is 0. The van der Waals surface area contributed by atoms with E-state index in [4.69, 9.17) is 4.74 Å². The Hall–Kier alpha value is -2.15. The monoisotopic (exact) mass is 335 g/mol. The predicted molar refractivity (Wildman–Crippen MR) is 88.8 cm³/mol. The van der Waals surface area contributed by atoms with Gasteiger partial charge in [-0.25, -0.2) is 9.78 Å². The van der Waals surface area contributed by atoms with Crippen molar-refractivity contribution in [1.82, 2.24) is 15.3 Å². The van der Waals surface area contributed by atoms with E-state index in [-0.39, 0.29) is 12.0 Å². The van der Waals surface area contributed by atoms with Gasteiger partial charge in [0.05, 0.1) is 18.2 Å². The van der Waals surface area contributed by atoms with Crippen molar-refractivity contribution in [3.8, 4) is 0 Å². The van der Waals surface area contributed by atoms with E-state index in [0.717, 1.165) is 10.7 Å². The molecule has 0 aliphatic rings. The summed E-state index contributed by atoms with van der Waals surface area (Å²) in [5.74, 6) is -0.678. The van der Waals surface area contributed by atoms with Crippen LogP contribution in [0.3, 0.4) is 0 Å². The van der Waals surface area contributed by atoms with Crippen LogP contribution in [0, 0.1) is 20.8 Å². The van der Waals surface area contributed by atoms with Gasteiger partial charge in [-0.2, -0.15) is 0 Å². The molecule has 0 unspecified atom stereocenters. The minimum atomic E-state index is -0.416. The lowest BCUT2D eigenvalue weighted by molar-refractivity contribution is 0.0376. The summed E-state index contributed by atoms with van der Waals surface area (Å²) in [6.07, 6.45) is -0.207. The summed E-state index contributed by atoms with van der Waals surface area (Å²) in [5, 5.41) is 5.60. The fourth-order valence-corrected chi connectivity index (χ4v) is 3.00. The summed E-state index contributed by atoms with van der Waals surface area (Å²) in [4.78, 5) is 31.8. The minimum Gasteiger partial charge on any atom is -0.459 e. The van der Waals surface area contributed by atoms with Crippen LogP contribution in [0.2, 0.25) is 0 Å². The normalized spacial score (nSPS) is 10.9. The van der Waals surface area contributed by atoms with E-state index in [1.54, 1.807) is 27.7 Å². The van der Waals surface area contributed by atoms with E-state index in [0.29, 0.717) is 29.1 Å². The Kier molecular flexibility index (Phi) is 5.20. The fourth-order valence-electron chi connectivity index (χ4n) is 2.28. The number of carbonyl (C=O) groups excluding carboxylic acids is 2. The van der Waals surface area contributed by atoms with Gasteiger partial charge in [-0.3, -0.25) is 4.79 Å². The number of amides is 1. The highest BCUT2D eigenvalue weighted by Gasteiger charge is 2.23. The molecule has 124 valence electrons. The molecule has 0 fully saturated rings. The average molecular weight is 335 g/mol. The Bertz CT molecular complexity index is 731. The smallest absolute Gasteiger partial charge is 0.340 e. The maximum absolute atomic E-state index is 12.3. The van der Waals surface area contributed by atoms with E-state index in [9.17, 15) is 9.59 Å². The zero-order valence-electron chi connectivity index (χ0n) is 13.9. The van der Waals surface area contributed by atoms with Gasteiger partial charge in [-0.05, 0) is 40.2 Å². The molecule has 2 aromatic rings. The summed E-state index contributed by atoms with van der Waals surface area (Å²) in [6, 6.07) is 0. The molecule has 0 aliphatic heterocycles. The summed E-state index contributed by atoms with van der Waals surface area (Å²) >= 11 is 1.50. The average Bonchev–Trinajstić information content (AvgIpc) is 2.99. The molecule has 6 nitrogen and oxygen atoms in total. The summed E-state index contributed by atoms with van der Waals surface area (Å²) in [5.41, 5.74) is 2.97. The molecule has 23 heavy (non-hydrogen) atoms. The quantitative estimate of drug-likeness (QED) is 0.823. The first-order valence-electron chi connectivity index (χ1n) is 7.39. The van der Waals surface area contributed by atoms with Gasteiger partial charge < -0.3 is 15.0 Å². The molecule has 0 spiro atoms. The molecule has 2 heterocycles. The zero-order chi connectivity index (χ0) is 17.1. The third-order valence-electron chi connectivity index (χ3n) is 3.28. The van der Waals surface area contributed by atoms with Gasteiger partial charge in [0.2, 0.25) is 0 Å². The van der Waals surface area contributed by atoms with Crippen molar-refractivity contribution in [3.63, 3.8) is 0 Å². The molecule has 0 aromatic carbocycles. The molecule has 0 saturated heterocycles. The first-order chi connectivity index (χ1) is 10.8. The number of nitrogens with zero attached hydrogens (tertiary/aromatic N) is 1. The number of hydrogen-bond donors (Lipinski definition) is 2. The molecule has 0 saturated carbocycles. The Labute approximate surface area is 139 Å². The molecule has 0 radical (unpaired) electrons. The van der Waals surface area contributed by atoms with E-state index < -0.39 is 5.97 Å². The number of aryl methyl sites for hydroxylation is 2. The van der Waals surface area contributed by atoms with Crippen LogP contribution < -0.4 is 5.32 Å². The number of rotatable bonds is 5. The van der Waals surface area contributed by atoms with Crippen LogP contribution in [0.4, 0.5) is 0 Å². The van der Waals surface area contributed by atoms with Gasteiger partial charge in [-0.15, -0.1) is 11.3 Å². The molecule has 0 atom stereocenters. The van der Waals surface area contributed by atoms with Crippen LogP contribution in [0.1, 0.15) is 56.7 Å². The van der Waals surface area contributed by atoms with Crippen LogP contribution in [0.15, 0.2) is 5.38 Å². The van der Waals surface area contributed by atoms with Gasteiger partial charge in [0.15, 0.2) is 0 Å². The van der Waals surface area contributed by atoms with Gasteiger partial charge in [0.25, 0.3) is 5.91 Å². The van der Waals surface area contributed by atoms with Gasteiger partial charge >= 0.3 is 5.97 Å². The van der Waals surface area contributed by atoms with Crippen molar-refractivity contribution >= 4 is 23.2 Å². The topological polar surface area (TPSA) is 84.1 Å². The lowest BCUT2D eigenvalue weighted by Crippen LogP contribution is -2.24. The van der Waals surface area contributed by atoms with Crippen molar-refractivity contribution in [1.29, 1.82) is 0 Å². The Morgan fingerprint density at radius 3 is 2.61 bits per heavy atom. The predicted octanol–water partition coefficient (Wildman–Crippen LogP) is 2.89. The van der Waals surface area contributed by atoms with E-state index in [2.05, 4.69) is 15.3 Å². The summed E-state index contributed by atoms with van der Waals surface area (Å²) in [6.45, 7) is 9.35. The minimum absolute atomic E-state index is 0.207. The number of hydrogen-bond acceptors (Lipinski definition) is 5. The second-order valence-electron chi connectivity index (χ2n) is 5.64. The zero-order valence-corrected chi connectivity index (χ0v) is 14.8. The highest BCUT2D eigenvalue weighted by Crippen LogP contribution is 2.20. The van der Waals surface area contributed by atoms with Crippen LogP contribution in [-0.2, 0) is 11.3 Å². The number of aromatic amines is 1. The lowest BCUT2D eigenvalue weighted by Gasteiger charge is -2.08. The highest BCUT2D eigenvalue weighted by atomic mass is 32.1. The van der Waals surface area contributed by atoms with E-state index in [1.807, 2.05) is 12.3 Å². The lowest BCUT2D eigenvalue weighted by atomic mass is 10.1. The molecule has 1 amide bonds. The standard InChI is InChI=1S/C16H21N3O3S/c1-8(2)22-16(21)13-10(4)14(19-11(13)5)15(20)17-6-12-18-9(3)7-23-12/h7-8,19H,6H2,1-5H3,(H,17,20). The van der Waals surface area contributed by atoms with Crippen LogP contribution in [0.5, 0.6) is 0 Å². The SMILES string of the molecule is Cc1csc(CNC(=O)c2[nH]c(C)c(C(=O)OC(C)C)c2C)n1. The van der Waals surface area contributed by atoms with Gasteiger partial charge in [-0.1, -0.05) is 0 Å². The molecular formula is C16H21N3O3S. The Balaban J connectivity index is 2.13. The third kappa shape index (κ3) is 3.98. The molecular weight excluding hydrogens is 314 g/mol. The maximum atomic E-state index is 12.3. The number of H-pyrrole nitrogens is 1. The maximum Gasteiger partial charge on any atom is 0.340 e.